The number of amides is 2. The third kappa shape index (κ3) is 4.55. The van der Waals surface area contributed by atoms with Crippen molar-refractivity contribution in [3.63, 3.8) is 0 Å². The zero-order valence-electron chi connectivity index (χ0n) is 13.6. The number of rotatable bonds is 6. The molecule has 0 aliphatic rings. The van der Waals surface area contributed by atoms with E-state index in [9.17, 15) is 9.59 Å². The minimum absolute atomic E-state index is 0.152. The van der Waals surface area contributed by atoms with Gasteiger partial charge in [0.15, 0.2) is 11.5 Å². The molecule has 0 aliphatic heterocycles. The van der Waals surface area contributed by atoms with Gasteiger partial charge in [0.25, 0.3) is 11.8 Å². The highest BCUT2D eigenvalue weighted by Crippen LogP contribution is 2.26. The summed E-state index contributed by atoms with van der Waals surface area (Å²) >= 11 is 0. The molecule has 0 fully saturated rings. The second-order valence-electron chi connectivity index (χ2n) is 4.84. The molecular formula is C17H17N3O5. The highest BCUT2D eigenvalue weighted by Gasteiger charge is 2.09. The highest BCUT2D eigenvalue weighted by molar-refractivity contribution is 5.99. The number of hydrazone groups is 1. The fourth-order valence-corrected chi connectivity index (χ4v) is 2.03. The third-order valence-corrected chi connectivity index (χ3v) is 3.28. The van der Waals surface area contributed by atoms with E-state index in [0.717, 1.165) is 0 Å². The molecule has 2 rings (SSSR count). The maximum Gasteiger partial charge on any atom is 0.274 e. The number of carbonyl (C=O) groups is 2. The van der Waals surface area contributed by atoms with Crippen LogP contribution in [0.25, 0.3) is 0 Å². The maximum atomic E-state index is 12.1. The van der Waals surface area contributed by atoms with Crippen LogP contribution in [0.5, 0.6) is 11.5 Å². The molecule has 0 unspecified atom stereocenters. The van der Waals surface area contributed by atoms with Crippen molar-refractivity contribution in [3.05, 3.63) is 59.2 Å². The van der Waals surface area contributed by atoms with Gasteiger partial charge in [0.2, 0.25) is 0 Å². The van der Waals surface area contributed by atoms with Crippen LogP contribution < -0.4 is 20.4 Å². The number of nitrogens with zero attached hydrogens (tertiary/aromatic N) is 1. The van der Waals surface area contributed by atoms with Crippen LogP contribution in [0, 0.1) is 0 Å². The lowest BCUT2D eigenvalue weighted by Crippen LogP contribution is -2.21. The molecule has 130 valence electrons. The Bertz CT molecular complexity index is 805. The maximum absolute atomic E-state index is 12.1. The highest BCUT2D eigenvalue weighted by atomic mass is 16.5. The van der Waals surface area contributed by atoms with Crippen molar-refractivity contribution in [2.45, 2.75) is 0 Å². The van der Waals surface area contributed by atoms with Gasteiger partial charge in [-0.25, -0.2) is 10.9 Å². The molecule has 25 heavy (non-hydrogen) atoms. The van der Waals surface area contributed by atoms with E-state index in [1.807, 2.05) is 0 Å². The SMILES string of the molecule is COc1ccc(/C=N/NC(=O)c2cccc(C(=O)NO)c2)cc1OC. The third-order valence-electron chi connectivity index (χ3n) is 3.28. The number of benzene rings is 2. The standard InChI is InChI=1S/C17H17N3O5/c1-24-14-7-6-11(8-15(14)25-2)10-18-19-16(21)12-4-3-5-13(9-12)17(22)20-23/h3-10,23H,1-2H3,(H,19,21)(H,20,22)/b18-10+. The Morgan fingerprint density at radius 3 is 2.32 bits per heavy atom. The summed E-state index contributed by atoms with van der Waals surface area (Å²) in [6.07, 6.45) is 1.45. The Morgan fingerprint density at radius 1 is 1.00 bits per heavy atom. The summed E-state index contributed by atoms with van der Waals surface area (Å²) in [5.74, 6) is -0.0732. The topological polar surface area (TPSA) is 109 Å². The van der Waals surface area contributed by atoms with Crippen molar-refractivity contribution in [3.8, 4) is 11.5 Å². The largest absolute Gasteiger partial charge is 0.493 e. The van der Waals surface area contributed by atoms with Crippen molar-refractivity contribution in [1.82, 2.24) is 10.9 Å². The molecule has 0 atom stereocenters. The van der Waals surface area contributed by atoms with Crippen molar-refractivity contribution in [2.75, 3.05) is 14.2 Å². The Balaban J connectivity index is 2.07. The quantitative estimate of drug-likeness (QED) is 0.419. The van der Waals surface area contributed by atoms with Gasteiger partial charge in [-0.15, -0.1) is 0 Å². The van der Waals surface area contributed by atoms with E-state index in [2.05, 4.69) is 10.5 Å². The first-order valence-electron chi connectivity index (χ1n) is 7.19. The van der Waals surface area contributed by atoms with Crippen LogP contribution in [0.3, 0.4) is 0 Å². The van der Waals surface area contributed by atoms with Gasteiger partial charge in [-0.1, -0.05) is 6.07 Å². The predicted molar refractivity (Wildman–Crippen MR) is 90.3 cm³/mol. The molecule has 0 bridgehead atoms. The van der Waals surface area contributed by atoms with Gasteiger partial charge in [0.1, 0.15) is 0 Å². The summed E-state index contributed by atoms with van der Waals surface area (Å²) in [5.41, 5.74) is 4.95. The summed E-state index contributed by atoms with van der Waals surface area (Å²) in [5, 5.41) is 12.5. The molecule has 0 saturated heterocycles. The average molecular weight is 343 g/mol. The van der Waals surface area contributed by atoms with Gasteiger partial charge in [-0.05, 0) is 42.0 Å². The van der Waals surface area contributed by atoms with E-state index in [1.165, 1.54) is 50.2 Å². The zero-order valence-corrected chi connectivity index (χ0v) is 13.6. The first-order chi connectivity index (χ1) is 12.1. The first kappa shape index (κ1) is 18.0. The average Bonchev–Trinajstić information content (AvgIpc) is 2.67. The number of nitrogens with one attached hydrogen (secondary N) is 2. The predicted octanol–water partition coefficient (Wildman–Crippen LogP) is 1.59. The second kappa shape index (κ2) is 8.46. The van der Waals surface area contributed by atoms with E-state index in [-0.39, 0.29) is 11.1 Å². The van der Waals surface area contributed by atoms with Gasteiger partial charge in [0.05, 0.1) is 20.4 Å². The van der Waals surface area contributed by atoms with E-state index >= 15 is 0 Å². The monoisotopic (exact) mass is 343 g/mol. The number of ether oxygens (including phenoxy) is 2. The van der Waals surface area contributed by atoms with Crippen LogP contribution >= 0.6 is 0 Å². The summed E-state index contributed by atoms with van der Waals surface area (Å²) in [4.78, 5) is 23.4. The lowest BCUT2D eigenvalue weighted by Gasteiger charge is -2.07. The molecule has 2 aromatic carbocycles. The van der Waals surface area contributed by atoms with E-state index in [1.54, 1.807) is 18.2 Å². The van der Waals surface area contributed by atoms with Crippen LogP contribution in [-0.4, -0.2) is 37.5 Å². The minimum atomic E-state index is -0.705. The fourth-order valence-electron chi connectivity index (χ4n) is 2.03. The molecule has 0 radical (unpaired) electrons. The van der Waals surface area contributed by atoms with Crippen molar-refractivity contribution in [2.24, 2.45) is 5.10 Å². The molecular weight excluding hydrogens is 326 g/mol. The van der Waals surface area contributed by atoms with Crippen LogP contribution in [0.2, 0.25) is 0 Å². The molecule has 0 aromatic heterocycles. The van der Waals surface area contributed by atoms with Crippen LogP contribution in [0.1, 0.15) is 26.3 Å². The van der Waals surface area contributed by atoms with Crippen molar-refractivity contribution in [1.29, 1.82) is 0 Å². The van der Waals surface area contributed by atoms with Gasteiger partial charge < -0.3 is 9.47 Å². The van der Waals surface area contributed by atoms with Crippen LogP contribution in [-0.2, 0) is 0 Å². The summed E-state index contributed by atoms with van der Waals surface area (Å²) in [7, 11) is 3.06. The van der Waals surface area contributed by atoms with Gasteiger partial charge in [-0.3, -0.25) is 14.8 Å². The molecule has 8 heteroatoms. The number of methoxy groups -OCH3 is 2. The molecule has 8 nitrogen and oxygen atoms in total. The van der Waals surface area contributed by atoms with Gasteiger partial charge in [-0.2, -0.15) is 5.10 Å². The molecule has 0 heterocycles. The van der Waals surface area contributed by atoms with Gasteiger partial charge in [0, 0.05) is 11.1 Å². The lowest BCUT2D eigenvalue weighted by molar-refractivity contribution is 0.0706. The number of hydrogen-bond donors (Lipinski definition) is 3. The van der Waals surface area contributed by atoms with E-state index in [0.29, 0.717) is 17.1 Å². The minimum Gasteiger partial charge on any atom is -0.493 e. The van der Waals surface area contributed by atoms with Crippen LogP contribution in [0.15, 0.2) is 47.6 Å². The summed E-state index contributed by atoms with van der Waals surface area (Å²) in [6, 6.07) is 11.0. The zero-order chi connectivity index (χ0) is 18.2. The van der Waals surface area contributed by atoms with Crippen molar-refractivity contribution < 1.29 is 24.3 Å². The molecule has 0 spiro atoms. The van der Waals surface area contributed by atoms with Gasteiger partial charge >= 0.3 is 0 Å². The van der Waals surface area contributed by atoms with E-state index in [4.69, 9.17) is 14.7 Å². The van der Waals surface area contributed by atoms with Crippen molar-refractivity contribution >= 4 is 18.0 Å². The Kier molecular flexibility index (Phi) is 6.08. The van der Waals surface area contributed by atoms with Crippen LogP contribution in [0.4, 0.5) is 0 Å². The lowest BCUT2D eigenvalue weighted by atomic mass is 10.1. The number of carbonyl (C=O) groups excluding carboxylic acids is 2. The molecule has 2 aromatic rings. The fraction of sp³-hybridized carbons (Fsp3) is 0.118. The number of hydroxylamine groups is 1. The second-order valence-corrected chi connectivity index (χ2v) is 4.84. The first-order valence-corrected chi connectivity index (χ1v) is 7.19. The molecule has 3 N–H and O–H groups in total. The Hall–Kier alpha value is -3.39. The Labute approximate surface area is 144 Å². The smallest absolute Gasteiger partial charge is 0.274 e. The molecule has 0 saturated carbocycles. The summed E-state index contributed by atoms with van der Waals surface area (Å²) in [6.45, 7) is 0. The molecule has 0 aliphatic carbocycles. The normalized spacial score (nSPS) is 10.4. The number of hydrogen-bond acceptors (Lipinski definition) is 6. The van der Waals surface area contributed by atoms with E-state index < -0.39 is 11.8 Å². The molecule has 2 amide bonds. The summed E-state index contributed by atoms with van der Waals surface area (Å²) < 4.78 is 10.3. The Morgan fingerprint density at radius 2 is 1.68 bits per heavy atom.